The summed E-state index contributed by atoms with van der Waals surface area (Å²) in [5.41, 5.74) is 2.01. The molecule has 7 nitrogen and oxygen atoms in total. The highest BCUT2D eigenvalue weighted by atomic mass is 16.3. The van der Waals surface area contributed by atoms with E-state index in [9.17, 15) is 4.79 Å². The van der Waals surface area contributed by atoms with Crippen LogP contribution in [-0.2, 0) is 0 Å². The molecular formula is C21H27N5O2. The Labute approximate surface area is 164 Å². The zero-order valence-corrected chi connectivity index (χ0v) is 16.9. The molecule has 4 rings (SSSR count). The summed E-state index contributed by atoms with van der Waals surface area (Å²) in [5, 5.41) is 5.29. The van der Waals surface area contributed by atoms with Crippen molar-refractivity contribution in [3.8, 4) is 11.5 Å². The molecule has 0 radical (unpaired) electrons. The third-order valence-electron chi connectivity index (χ3n) is 5.47. The van der Waals surface area contributed by atoms with E-state index >= 15 is 0 Å². The number of hydrogen-bond acceptors (Lipinski definition) is 5. The first kappa shape index (κ1) is 18.7. The van der Waals surface area contributed by atoms with Crippen molar-refractivity contribution in [3.63, 3.8) is 0 Å². The summed E-state index contributed by atoms with van der Waals surface area (Å²) in [7, 11) is 4.15. The van der Waals surface area contributed by atoms with Crippen molar-refractivity contribution in [2.45, 2.75) is 38.8 Å². The van der Waals surface area contributed by atoms with Gasteiger partial charge in [0.1, 0.15) is 5.69 Å². The maximum atomic E-state index is 13.5. The van der Waals surface area contributed by atoms with E-state index in [1.165, 1.54) is 0 Å². The zero-order valence-electron chi connectivity index (χ0n) is 16.9. The van der Waals surface area contributed by atoms with Crippen molar-refractivity contribution in [3.05, 3.63) is 36.2 Å². The minimum Gasteiger partial charge on any atom is -0.463 e. The molecule has 0 N–H and O–H groups in total. The molecular weight excluding hydrogens is 354 g/mol. The van der Waals surface area contributed by atoms with E-state index in [4.69, 9.17) is 9.40 Å². The van der Waals surface area contributed by atoms with Crippen molar-refractivity contribution >= 4 is 16.9 Å². The number of piperidine rings is 1. The lowest BCUT2D eigenvalue weighted by Crippen LogP contribution is -2.47. The quantitative estimate of drug-likeness (QED) is 0.693. The van der Waals surface area contributed by atoms with Crippen molar-refractivity contribution in [1.82, 2.24) is 24.6 Å². The summed E-state index contributed by atoms with van der Waals surface area (Å²) < 4.78 is 7.41. The van der Waals surface area contributed by atoms with Crippen LogP contribution in [0.5, 0.6) is 0 Å². The topological polar surface area (TPSA) is 67.4 Å². The number of carbonyl (C=O) groups excluding carboxylic acids is 1. The van der Waals surface area contributed by atoms with Gasteiger partial charge in [0.05, 0.1) is 23.4 Å². The molecule has 3 aromatic heterocycles. The van der Waals surface area contributed by atoms with Crippen molar-refractivity contribution < 1.29 is 9.21 Å². The number of pyridine rings is 1. The molecule has 0 bridgehead atoms. The van der Waals surface area contributed by atoms with E-state index in [-0.39, 0.29) is 11.9 Å². The third kappa shape index (κ3) is 3.30. The van der Waals surface area contributed by atoms with Crippen LogP contribution in [0, 0.1) is 0 Å². The Morgan fingerprint density at radius 1 is 1.36 bits per heavy atom. The van der Waals surface area contributed by atoms with Gasteiger partial charge in [-0.2, -0.15) is 5.10 Å². The number of aromatic nitrogens is 3. The monoisotopic (exact) mass is 381 g/mol. The molecule has 1 atom stereocenters. The second kappa shape index (κ2) is 7.39. The number of nitrogens with zero attached hydrogens (tertiary/aromatic N) is 5. The summed E-state index contributed by atoms with van der Waals surface area (Å²) in [5.74, 6) is 0.687. The number of furan rings is 1. The second-order valence-corrected chi connectivity index (χ2v) is 7.96. The number of carbonyl (C=O) groups is 1. The number of amides is 1. The molecule has 0 unspecified atom stereocenters. The van der Waals surface area contributed by atoms with Crippen molar-refractivity contribution in [1.29, 1.82) is 0 Å². The Morgan fingerprint density at radius 2 is 2.18 bits per heavy atom. The summed E-state index contributed by atoms with van der Waals surface area (Å²) in [6.45, 7) is 5.63. The molecule has 1 aliphatic heterocycles. The van der Waals surface area contributed by atoms with Crippen LogP contribution >= 0.6 is 0 Å². The average Bonchev–Trinajstić information content (AvgIpc) is 3.36. The number of likely N-dealkylation sites (N-methyl/N-ethyl adjacent to an activating group) is 1. The number of hydrogen-bond donors (Lipinski definition) is 0. The van der Waals surface area contributed by atoms with Crippen LogP contribution in [0.25, 0.3) is 22.5 Å². The lowest BCUT2D eigenvalue weighted by molar-refractivity contribution is 0.0637. The van der Waals surface area contributed by atoms with Crippen LogP contribution in [0.15, 0.2) is 35.1 Å². The van der Waals surface area contributed by atoms with E-state index in [1.54, 1.807) is 12.5 Å². The summed E-state index contributed by atoms with van der Waals surface area (Å²) in [4.78, 5) is 22.4. The molecule has 3 aromatic rings. The highest BCUT2D eigenvalue weighted by Crippen LogP contribution is 2.28. The highest BCUT2D eigenvalue weighted by molar-refractivity contribution is 6.06. The van der Waals surface area contributed by atoms with Crippen LogP contribution in [-0.4, -0.2) is 63.7 Å². The number of fused-ring (bicyclic) bond motifs is 1. The molecule has 0 aliphatic carbocycles. The van der Waals surface area contributed by atoms with Gasteiger partial charge < -0.3 is 14.2 Å². The van der Waals surface area contributed by atoms with Gasteiger partial charge in [0.15, 0.2) is 11.4 Å². The van der Waals surface area contributed by atoms with Gasteiger partial charge >= 0.3 is 0 Å². The van der Waals surface area contributed by atoms with Gasteiger partial charge in [0.25, 0.3) is 5.91 Å². The fourth-order valence-corrected chi connectivity index (χ4v) is 3.85. The van der Waals surface area contributed by atoms with E-state index in [0.717, 1.165) is 31.3 Å². The maximum absolute atomic E-state index is 13.5. The smallest absolute Gasteiger partial charge is 0.254 e. The molecule has 0 spiro atoms. The Kier molecular flexibility index (Phi) is 4.93. The van der Waals surface area contributed by atoms with Crippen LogP contribution in [0.4, 0.5) is 0 Å². The van der Waals surface area contributed by atoms with Crippen molar-refractivity contribution in [2.24, 2.45) is 0 Å². The van der Waals surface area contributed by atoms with Gasteiger partial charge in [-0.25, -0.2) is 9.67 Å². The Morgan fingerprint density at radius 3 is 2.86 bits per heavy atom. The highest BCUT2D eigenvalue weighted by Gasteiger charge is 2.28. The largest absolute Gasteiger partial charge is 0.463 e. The van der Waals surface area contributed by atoms with Crippen LogP contribution in [0.2, 0.25) is 0 Å². The van der Waals surface area contributed by atoms with Crippen LogP contribution < -0.4 is 0 Å². The Balaban J connectivity index is 1.80. The fourth-order valence-electron chi connectivity index (χ4n) is 3.85. The lowest BCUT2D eigenvalue weighted by Gasteiger charge is -2.36. The molecule has 0 aromatic carbocycles. The predicted molar refractivity (Wildman–Crippen MR) is 108 cm³/mol. The van der Waals surface area contributed by atoms with Crippen LogP contribution in [0.3, 0.4) is 0 Å². The summed E-state index contributed by atoms with van der Waals surface area (Å²) in [6, 6.07) is 6.07. The third-order valence-corrected chi connectivity index (χ3v) is 5.47. The first-order valence-corrected chi connectivity index (χ1v) is 9.83. The molecule has 0 saturated carbocycles. The number of rotatable bonds is 4. The van der Waals surface area contributed by atoms with E-state index in [1.807, 2.05) is 27.8 Å². The van der Waals surface area contributed by atoms with E-state index in [2.05, 4.69) is 37.9 Å². The Bertz CT molecular complexity index is 974. The molecule has 1 amide bonds. The van der Waals surface area contributed by atoms with Gasteiger partial charge in [-0.1, -0.05) is 0 Å². The lowest BCUT2D eigenvalue weighted by atomic mass is 10.0. The minimum absolute atomic E-state index is 0.0371. The molecule has 148 valence electrons. The second-order valence-electron chi connectivity index (χ2n) is 7.96. The van der Waals surface area contributed by atoms with Gasteiger partial charge in [0, 0.05) is 25.2 Å². The minimum atomic E-state index is 0.0371. The van der Waals surface area contributed by atoms with Gasteiger partial charge in [0.2, 0.25) is 0 Å². The van der Waals surface area contributed by atoms with Gasteiger partial charge in [-0.05, 0) is 59.0 Å². The zero-order chi connectivity index (χ0) is 19.8. The normalized spacial score (nSPS) is 17.8. The Hall–Kier alpha value is -2.67. The van der Waals surface area contributed by atoms with Crippen molar-refractivity contribution in [2.75, 3.05) is 27.2 Å². The van der Waals surface area contributed by atoms with Crippen LogP contribution in [0.1, 0.15) is 43.1 Å². The summed E-state index contributed by atoms with van der Waals surface area (Å²) in [6.07, 6.45) is 5.51. The fraction of sp³-hybridized carbons (Fsp3) is 0.476. The molecule has 4 heterocycles. The first-order valence-electron chi connectivity index (χ1n) is 9.83. The molecule has 1 fully saturated rings. The number of likely N-dealkylation sites (tertiary alicyclic amines) is 1. The van der Waals surface area contributed by atoms with E-state index < -0.39 is 0 Å². The SMILES string of the molecule is CC(C)n1ncc2c(C(=O)N3CCC[C@H](N(C)C)C3)cc(-c3ccco3)nc21. The molecule has 7 heteroatoms. The molecule has 1 saturated heterocycles. The van der Waals surface area contributed by atoms with E-state index in [0.29, 0.717) is 28.7 Å². The summed E-state index contributed by atoms with van der Waals surface area (Å²) >= 11 is 0. The predicted octanol–water partition coefficient (Wildman–Crippen LogP) is 3.44. The van der Waals surface area contributed by atoms with Gasteiger partial charge in [-0.3, -0.25) is 4.79 Å². The molecule has 28 heavy (non-hydrogen) atoms. The standard InChI is InChI=1S/C21H27N5O2/c1-14(2)26-20-17(12-22-26)16(11-18(23-20)19-8-6-10-28-19)21(27)25-9-5-7-15(13-25)24(3)4/h6,8,10-12,14-15H,5,7,9,13H2,1-4H3/t15-/m0/s1. The molecule has 1 aliphatic rings. The first-order chi connectivity index (χ1) is 13.5. The van der Waals surface area contributed by atoms with Gasteiger partial charge in [-0.15, -0.1) is 0 Å². The average molecular weight is 381 g/mol. The maximum Gasteiger partial charge on any atom is 0.254 e.